The number of fused-ring (bicyclic) bond motifs is 8. The van der Waals surface area contributed by atoms with Gasteiger partial charge in [-0.2, -0.15) is 0 Å². The molecule has 0 saturated carbocycles. The Hall–Kier alpha value is -6.61. The van der Waals surface area contributed by atoms with Crippen molar-refractivity contribution in [3.63, 3.8) is 0 Å². The highest BCUT2D eigenvalue weighted by molar-refractivity contribution is 6.14. The van der Waals surface area contributed by atoms with Crippen LogP contribution in [0.1, 0.15) is 0 Å². The second-order valence-corrected chi connectivity index (χ2v) is 11.0. The minimum atomic E-state index is 0.553. The van der Waals surface area contributed by atoms with E-state index >= 15 is 0 Å². The molecule has 10 rings (SSSR count). The molecule has 0 atom stereocenters. The molecule has 4 aromatic carbocycles. The second-order valence-electron chi connectivity index (χ2n) is 11.0. The van der Waals surface area contributed by atoms with Gasteiger partial charge in [0.1, 0.15) is 16.9 Å². The molecule has 0 aliphatic carbocycles. The van der Waals surface area contributed by atoms with Gasteiger partial charge in [0.2, 0.25) is 0 Å². The molecule has 0 spiro atoms. The SMILES string of the molecule is c1ccc(-c2nc(-c3ccccc3)nc(-c3ccc4oc5cc6c7c(c5c4c3)Oc3cnccc3N7c3ccncc3O6)n2)cc1. The van der Waals surface area contributed by atoms with Crippen LogP contribution >= 0.6 is 0 Å². The average Bonchev–Trinajstić information content (AvgIpc) is 3.49. The van der Waals surface area contributed by atoms with Crippen molar-refractivity contribution >= 4 is 39.0 Å². The van der Waals surface area contributed by atoms with Gasteiger partial charge in [0.05, 0.1) is 29.2 Å². The molecule has 0 amide bonds. The molecule has 9 heteroatoms. The Morgan fingerprint density at radius 2 is 1.13 bits per heavy atom. The molecule has 2 aliphatic heterocycles. The normalized spacial score (nSPS) is 12.7. The second kappa shape index (κ2) is 9.44. The number of ether oxygens (including phenoxy) is 2. The number of aromatic nitrogens is 5. The summed E-state index contributed by atoms with van der Waals surface area (Å²) in [5.41, 5.74) is 6.47. The zero-order valence-corrected chi connectivity index (χ0v) is 24.0. The molecule has 9 nitrogen and oxygen atoms in total. The molecule has 0 N–H and O–H groups in total. The fourth-order valence-corrected chi connectivity index (χ4v) is 6.21. The van der Waals surface area contributed by atoms with Crippen molar-refractivity contribution < 1.29 is 13.9 Å². The summed E-state index contributed by atoms with van der Waals surface area (Å²) in [4.78, 5) is 25.5. The number of hydrogen-bond donors (Lipinski definition) is 0. The Bertz CT molecular complexity index is 2430. The van der Waals surface area contributed by atoms with Crippen molar-refractivity contribution in [2.45, 2.75) is 0 Å². The summed E-state index contributed by atoms with van der Waals surface area (Å²) in [6, 6.07) is 31.6. The van der Waals surface area contributed by atoms with E-state index in [0.717, 1.165) is 44.5 Å². The summed E-state index contributed by atoms with van der Waals surface area (Å²) in [5, 5.41) is 1.68. The minimum absolute atomic E-state index is 0.553. The average molecular weight is 597 g/mol. The highest BCUT2D eigenvalue weighted by atomic mass is 16.5. The molecule has 46 heavy (non-hydrogen) atoms. The van der Waals surface area contributed by atoms with Crippen LogP contribution in [0.5, 0.6) is 23.0 Å². The Labute approximate surface area is 261 Å². The van der Waals surface area contributed by atoms with Crippen LogP contribution < -0.4 is 14.4 Å². The lowest BCUT2D eigenvalue weighted by molar-refractivity contribution is 0.446. The van der Waals surface area contributed by atoms with Gasteiger partial charge in [-0.3, -0.25) is 14.9 Å². The van der Waals surface area contributed by atoms with Gasteiger partial charge in [-0.15, -0.1) is 0 Å². The molecule has 0 saturated heterocycles. The first-order valence-corrected chi connectivity index (χ1v) is 14.7. The van der Waals surface area contributed by atoms with Crippen molar-refractivity contribution in [2.24, 2.45) is 0 Å². The van der Waals surface area contributed by atoms with E-state index in [2.05, 4.69) is 20.9 Å². The number of anilines is 3. The van der Waals surface area contributed by atoms with E-state index in [0.29, 0.717) is 51.6 Å². The molecule has 8 aromatic rings. The Morgan fingerprint density at radius 3 is 1.78 bits per heavy atom. The third-order valence-electron chi connectivity index (χ3n) is 8.27. The predicted octanol–water partition coefficient (Wildman–Crippen LogP) is 9.24. The third kappa shape index (κ3) is 3.66. The fourth-order valence-electron chi connectivity index (χ4n) is 6.21. The van der Waals surface area contributed by atoms with Crippen LogP contribution in [0.25, 0.3) is 56.1 Å². The molecule has 0 fully saturated rings. The quantitative estimate of drug-likeness (QED) is 0.198. The maximum Gasteiger partial charge on any atom is 0.169 e. The van der Waals surface area contributed by atoms with Gasteiger partial charge in [-0.1, -0.05) is 60.7 Å². The Kier molecular flexibility index (Phi) is 5.09. The van der Waals surface area contributed by atoms with Crippen LogP contribution in [-0.4, -0.2) is 24.9 Å². The monoisotopic (exact) mass is 596 g/mol. The predicted molar refractivity (Wildman–Crippen MR) is 174 cm³/mol. The first kappa shape index (κ1) is 24.8. The van der Waals surface area contributed by atoms with E-state index in [1.165, 1.54) is 0 Å². The summed E-state index contributed by atoms with van der Waals surface area (Å²) in [6.45, 7) is 0. The number of furan rings is 1. The van der Waals surface area contributed by atoms with Crippen molar-refractivity contribution in [3.05, 3.63) is 122 Å². The highest BCUT2D eigenvalue weighted by Gasteiger charge is 2.37. The molecule has 6 heterocycles. The molecule has 216 valence electrons. The lowest BCUT2D eigenvalue weighted by Crippen LogP contribution is -2.20. The summed E-state index contributed by atoms with van der Waals surface area (Å²) in [5.74, 6) is 4.25. The minimum Gasteiger partial charge on any atom is -0.456 e. The van der Waals surface area contributed by atoms with Crippen molar-refractivity contribution in [1.29, 1.82) is 0 Å². The topological polar surface area (TPSA) is 99.3 Å². The number of rotatable bonds is 3. The smallest absolute Gasteiger partial charge is 0.169 e. The van der Waals surface area contributed by atoms with Crippen LogP contribution in [-0.2, 0) is 0 Å². The van der Waals surface area contributed by atoms with Gasteiger partial charge < -0.3 is 13.9 Å². The number of hydrogen-bond acceptors (Lipinski definition) is 9. The van der Waals surface area contributed by atoms with Crippen LogP contribution in [0.3, 0.4) is 0 Å². The molecular formula is C37H20N6O3. The van der Waals surface area contributed by atoms with Crippen LogP contribution in [0.15, 0.2) is 126 Å². The molecular weight excluding hydrogens is 576 g/mol. The summed E-state index contributed by atoms with van der Waals surface area (Å²) in [7, 11) is 0. The molecule has 0 radical (unpaired) electrons. The van der Waals surface area contributed by atoms with E-state index in [-0.39, 0.29) is 0 Å². The van der Waals surface area contributed by atoms with Gasteiger partial charge in [-0.05, 0) is 30.3 Å². The summed E-state index contributed by atoms with van der Waals surface area (Å²) >= 11 is 0. The van der Waals surface area contributed by atoms with Gasteiger partial charge in [-0.25, -0.2) is 15.0 Å². The van der Waals surface area contributed by atoms with Gasteiger partial charge in [0.15, 0.2) is 40.5 Å². The van der Waals surface area contributed by atoms with E-state index in [1.807, 2.05) is 91.0 Å². The zero-order chi connectivity index (χ0) is 30.2. The van der Waals surface area contributed by atoms with E-state index in [1.54, 1.807) is 24.8 Å². The van der Waals surface area contributed by atoms with Gasteiger partial charge in [0, 0.05) is 40.5 Å². The highest BCUT2D eigenvalue weighted by Crippen LogP contribution is 2.62. The van der Waals surface area contributed by atoms with Crippen molar-refractivity contribution in [3.8, 4) is 57.2 Å². The van der Waals surface area contributed by atoms with Crippen LogP contribution in [0.2, 0.25) is 0 Å². The number of benzene rings is 4. The lowest BCUT2D eigenvalue weighted by atomic mass is 10.0. The van der Waals surface area contributed by atoms with E-state index in [9.17, 15) is 0 Å². The molecule has 2 aliphatic rings. The number of pyridine rings is 2. The van der Waals surface area contributed by atoms with Gasteiger partial charge >= 0.3 is 0 Å². The summed E-state index contributed by atoms with van der Waals surface area (Å²) < 4.78 is 19.4. The third-order valence-corrected chi connectivity index (χ3v) is 8.27. The van der Waals surface area contributed by atoms with Gasteiger partial charge in [0.25, 0.3) is 0 Å². The van der Waals surface area contributed by atoms with E-state index < -0.39 is 0 Å². The first-order valence-electron chi connectivity index (χ1n) is 14.7. The Morgan fingerprint density at radius 1 is 0.522 bits per heavy atom. The summed E-state index contributed by atoms with van der Waals surface area (Å²) in [6.07, 6.45) is 6.94. The van der Waals surface area contributed by atoms with Crippen molar-refractivity contribution in [1.82, 2.24) is 24.9 Å². The van der Waals surface area contributed by atoms with E-state index in [4.69, 9.17) is 28.8 Å². The maximum absolute atomic E-state index is 6.62. The maximum atomic E-state index is 6.62. The largest absolute Gasteiger partial charge is 0.456 e. The van der Waals surface area contributed by atoms with Crippen molar-refractivity contribution in [2.75, 3.05) is 4.90 Å². The first-order chi connectivity index (χ1) is 22.8. The number of nitrogens with zero attached hydrogens (tertiary/aromatic N) is 6. The van der Waals surface area contributed by atoms with Crippen LogP contribution in [0, 0.1) is 0 Å². The van der Waals surface area contributed by atoms with Crippen LogP contribution in [0.4, 0.5) is 17.1 Å². The molecule has 0 bridgehead atoms. The fraction of sp³-hybridized carbons (Fsp3) is 0. The standard InChI is InChI=1S/C37H20N6O3/c1-3-7-21(8-4-1)35-40-36(22-9-5-2-6-10-22)42-37(41-35)23-11-12-27-24(17-23)32-28(44-27)18-29-33-34(32)46-31-20-39-16-14-26(31)43(33)25-13-15-38-19-30(25)45-29/h1-20H. The zero-order valence-electron chi connectivity index (χ0n) is 24.0. The lowest BCUT2D eigenvalue weighted by Gasteiger charge is -2.37. The molecule has 0 unspecified atom stereocenters. The molecule has 4 aromatic heterocycles. The Balaban J connectivity index is 1.21.